The van der Waals surface area contributed by atoms with Gasteiger partial charge in [0.2, 0.25) is 0 Å². The number of rotatable bonds is 2. The summed E-state index contributed by atoms with van der Waals surface area (Å²) in [5.41, 5.74) is 1.57. The molecule has 1 aliphatic heterocycles. The third-order valence-electron chi connectivity index (χ3n) is 4.55. The number of aromatic nitrogens is 2. The molecular weight excluding hydrogens is 248 g/mol. The molecule has 0 amide bonds. The molecule has 1 aromatic rings. The van der Waals surface area contributed by atoms with E-state index in [1.165, 1.54) is 19.3 Å². The normalized spacial score (nSPS) is 20.6. The van der Waals surface area contributed by atoms with Crippen molar-refractivity contribution in [3.63, 3.8) is 0 Å². The molecule has 1 saturated heterocycles. The summed E-state index contributed by atoms with van der Waals surface area (Å²) in [7, 11) is 1.91. The second kappa shape index (κ2) is 5.98. The van der Waals surface area contributed by atoms with Crippen molar-refractivity contribution in [2.24, 2.45) is 11.3 Å². The summed E-state index contributed by atoms with van der Waals surface area (Å²) in [5.74, 6) is 2.84. The van der Waals surface area contributed by atoms with Crippen molar-refractivity contribution >= 4 is 11.6 Å². The minimum absolute atomic E-state index is 0.410. The van der Waals surface area contributed by atoms with Crippen LogP contribution >= 0.6 is 0 Å². The van der Waals surface area contributed by atoms with Crippen LogP contribution in [0.1, 0.15) is 45.6 Å². The first-order chi connectivity index (χ1) is 9.43. The second-order valence-corrected chi connectivity index (χ2v) is 6.90. The first kappa shape index (κ1) is 15.1. The van der Waals surface area contributed by atoms with Gasteiger partial charge in [-0.05, 0) is 37.5 Å². The molecule has 1 aromatic heterocycles. The Hall–Kier alpha value is -1.32. The maximum atomic E-state index is 4.51. The SMILES string of the molecule is CNc1ncnc(N2CCCC(C(C)(C)C)CC2)c1C. The highest BCUT2D eigenvalue weighted by Gasteiger charge is 2.27. The van der Waals surface area contributed by atoms with E-state index < -0.39 is 0 Å². The van der Waals surface area contributed by atoms with E-state index in [2.05, 4.69) is 47.9 Å². The van der Waals surface area contributed by atoms with Crippen LogP contribution in [0.3, 0.4) is 0 Å². The lowest BCUT2D eigenvalue weighted by molar-refractivity contribution is 0.220. The van der Waals surface area contributed by atoms with Crippen molar-refractivity contribution in [2.75, 3.05) is 30.4 Å². The Morgan fingerprint density at radius 3 is 2.60 bits per heavy atom. The van der Waals surface area contributed by atoms with Crippen molar-refractivity contribution in [3.05, 3.63) is 11.9 Å². The molecular formula is C16H28N4. The van der Waals surface area contributed by atoms with Gasteiger partial charge in [0, 0.05) is 25.7 Å². The van der Waals surface area contributed by atoms with Crippen LogP contribution in [0.4, 0.5) is 11.6 Å². The third-order valence-corrected chi connectivity index (χ3v) is 4.55. The highest BCUT2D eigenvalue weighted by Crippen LogP contribution is 2.35. The molecule has 4 nitrogen and oxygen atoms in total. The fourth-order valence-corrected chi connectivity index (χ4v) is 3.19. The van der Waals surface area contributed by atoms with E-state index in [9.17, 15) is 0 Å². The largest absolute Gasteiger partial charge is 0.373 e. The highest BCUT2D eigenvalue weighted by molar-refractivity contribution is 5.57. The molecule has 0 aromatic carbocycles. The van der Waals surface area contributed by atoms with E-state index in [1.807, 2.05) is 7.05 Å². The topological polar surface area (TPSA) is 41.1 Å². The first-order valence-electron chi connectivity index (χ1n) is 7.67. The Morgan fingerprint density at radius 2 is 1.95 bits per heavy atom. The van der Waals surface area contributed by atoms with Gasteiger partial charge in [-0.25, -0.2) is 9.97 Å². The van der Waals surface area contributed by atoms with Crippen molar-refractivity contribution in [1.29, 1.82) is 0 Å². The van der Waals surface area contributed by atoms with Gasteiger partial charge in [-0.1, -0.05) is 20.8 Å². The molecule has 1 unspecified atom stereocenters. The van der Waals surface area contributed by atoms with Crippen LogP contribution in [-0.4, -0.2) is 30.1 Å². The van der Waals surface area contributed by atoms with Crippen molar-refractivity contribution in [2.45, 2.75) is 47.0 Å². The van der Waals surface area contributed by atoms with Crippen LogP contribution in [0.2, 0.25) is 0 Å². The molecule has 0 aliphatic carbocycles. The Kier molecular flexibility index (Phi) is 4.51. The van der Waals surface area contributed by atoms with Gasteiger partial charge in [0.05, 0.1) is 0 Å². The van der Waals surface area contributed by atoms with Crippen LogP contribution in [0.15, 0.2) is 6.33 Å². The standard InChI is InChI=1S/C16H28N4/c1-12-14(17-5)18-11-19-15(12)20-9-6-7-13(8-10-20)16(2,3)4/h11,13H,6-10H2,1-5H3,(H,17,18,19). The van der Waals surface area contributed by atoms with Crippen molar-refractivity contribution in [1.82, 2.24) is 9.97 Å². The average molecular weight is 276 g/mol. The van der Waals surface area contributed by atoms with E-state index in [0.717, 1.165) is 36.2 Å². The molecule has 0 saturated carbocycles. The molecule has 1 fully saturated rings. The Balaban J connectivity index is 2.15. The monoisotopic (exact) mass is 276 g/mol. The van der Waals surface area contributed by atoms with E-state index in [0.29, 0.717) is 5.41 Å². The predicted molar refractivity (Wildman–Crippen MR) is 85.3 cm³/mol. The molecule has 1 atom stereocenters. The van der Waals surface area contributed by atoms with Gasteiger partial charge >= 0.3 is 0 Å². The summed E-state index contributed by atoms with van der Waals surface area (Å²) in [6, 6.07) is 0. The molecule has 4 heteroatoms. The molecule has 20 heavy (non-hydrogen) atoms. The maximum Gasteiger partial charge on any atom is 0.137 e. The van der Waals surface area contributed by atoms with Gasteiger partial charge in [0.25, 0.3) is 0 Å². The Bertz CT molecular complexity index is 450. The quantitative estimate of drug-likeness (QED) is 0.898. The average Bonchev–Trinajstić information content (AvgIpc) is 2.64. The van der Waals surface area contributed by atoms with Gasteiger partial charge in [0.15, 0.2) is 0 Å². The molecule has 0 radical (unpaired) electrons. The first-order valence-corrected chi connectivity index (χ1v) is 7.67. The van der Waals surface area contributed by atoms with Crippen LogP contribution in [0.25, 0.3) is 0 Å². The van der Waals surface area contributed by atoms with Crippen molar-refractivity contribution < 1.29 is 0 Å². The smallest absolute Gasteiger partial charge is 0.137 e. The summed E-state index contributed by atoms with van der Waals surface area (Å²) >= 11 is 0. The van der Waals surface area contributed by atoms with E-state index in [1.54, 1.807) is 6.33 Å². The van der Waals surface area contributed by atoms with E-state index >= 15 is 0 Å². The highest BCUT2D eigenvalue weighted by atomic mass is 15.2. The molecule has 1 N–H and O–H groups in total. The van der Waals surface area contributed by atoms with E-state index in [4.69, 9.17) is 0 Å². The second-order valence-electron chi connectivity index (χ2n) is 6.90. The lowest BCUT2D eigenvalue weighted by atomic mass is 9.77. The summed E-state index contributed by atoms with van der Waals surface area (Å²) in [6.07, 6.45) is 5.49. The fourth-order valence-electron chi connectivity index (χ4n) is 3.19. The molecule has 1 aliphatic rings. The lowest BCUT2D eigenvalue weighted by Crippen LogP contribution is -2.27. The van der Waals surface area contributed by atoms with Gasteiger partial charge in [0.1, 0.15) is 18.0 Å². The summed E-state index contributed by atoms with van der Waals surface area (Å²) in [5, 5.41) is 3.15. The molecule has 2 rings (SSSR count). The number of hydrogen-bond donors (Lipinski definition) is 1. The van der Waals surface area contributed by atoms with Gasteiger partial charge in [-0.2, -0.15) is 0 Å². The Morgan fingerprint density at radius 1 is 1.20 bits per heavy atom. The van der Waals surface area contributed by atoms with Crippen LogP contribution in [0, 0.1) is 18.3 Å². The van der Waals surface area contributed by atoms with Gasteiger partial charge in [-0.3, -0.25) is 0 Å². The zero-order chi connectivity index (χ0) is 14.8. The number of nitrogens with one attached hydrogen (secondary N) is 1. The summed E-state index contributed by atoms with van der Waals surface area (Å²) in [4.78, 5) is 11.2. The molecule has 0 spiro atoms. The molecule has 112 valence electrons. The molecule has 0 bridgehead atoms. The zero-order valence-electron chi connectivity index (χ0n) is 13.5. The Labute approximate surface area is 123 Å². The van der Waals surface area contributed by atoms with Crippen LogP contribution < -0.4 is 10.2 Å². The predicted octanol–water partition coefficient (Wildman–Crippen LogP) is 3.48. The summed E-state index contributed by atoms with van der Waals surface area (Å²) in [6.45, 7) is 11.4. The van der Waals surface area contributed by atoms with Gasteiger partial charge in [-0.15, -0.1) is 0 Å². The maximum absolute atomic E-state index is 4.51. The fraction of sp³-hybridized carbons (Fsp3) is 0.750. The van der Waals surface area contributed by atoms with E-state index in [-0.39, 0.29) is 0 Å². The number of hydrogen-bond acceptors (Lipinski definition) is 4. The third kappa shape index (κ3) is 3.22. The lowest BCUT2D eigenvalue weighted by Gasteiger charge is -2.30. The zero-order valence-corrected chi connectivity index (χ0v) is 13.5. The number of nitrogens with zero attached hydrogens (tertiary/aromatic N) is 3. The van der Waals surface area contributed by atoms with Crippen LogP contribution in [-0.2, 0) is 0 Å². The number of anilines is 2. The molecule has 2 heterocycles. The van der Waals surface area contributed by atoms with Gasteiger partial charge < -0.3 is 10.2 Å². The van der Waals surface area contributed by atoms with Crippen molar-refractivity contribution in [3.8, 4) is 0 Å². The minimum atomic E-state index is 0.410. The summed E-state index contributed by atoms with van der Waals surface area (Å²) < 4.78 is 0. The van der Waals surface area contributed by atoms with Crippen LogP contribution in [0.5, 0.6) is 0 Å². The minimum Gasteiger partial charge on any atom is -0.373 e.